The average Bonchev–Trinajstić information content (AvgIpc) is 2.81. The van der Waals surface area contributed by atoms with Gasteiger partial charge >= 0.3 is 0 Å². The van der Waals surface area contributed by atoms with Crippen molar-refractivity contribution in [2.24, 2.45) is 0 Å². The summed E-state index contributed by atoms with van der Waals surface area (Å²) in [7, 11) is 0. The topological polar surface area (TPSA) is 105 Å². The Balaban J connectivity index is 1.80. The minimum Gasteiger partial charge on any atom is -0.392 e. The lowest BCUT2D eigenvalue weighted by molar-refractivity contribution is 0.0544. The molecule has 0 fully saturated rings. The van der Waals surface area contributed by atoms with Gasteiger partial charge in [0.05, 0.1) is 35.2 Å². The fourth-order valence-corrected chi connectivity index (χ4v) is 3.78. The van der Waals surface area contributed by atoms with Crippen LogP contribution in [0.3, 0.4) is 0 Å². The summed E-state index contributed by atoms with van der Waals surface area (Å²) >= 11 is 6.05. The summed E-state index contributed by atoms with van der Waals surface area (Å²) in [6.45, 7) is 2.09. The van der Waals surface area contributed by atoms with Gasteiger partial charge in [-0.25, -0.2) is 4.39 Å². The molecule has 3 aromatic rings. The van der Waals surface area contributed by atoms with Gasteiger partial charge in [-0.2, -0.15) is 0 Å². The first kappa shape index (κ1) is 22.9. The summed E-state index contributed by atoms with van der Waals surface area (Å²) in [4.78, 5) is 29.8. The molecule has 1 unspecified atom stereocenters. The number of aromatic nitrogens is 2. The number of aliphatic hydroxyl groups is 1. The molecule has 33 heavy (non-hydrogen) atoms. The van der Waals surface area contributed by atoms with Crippen molar-refractivity contribution in [2.45, 2.75) is 26.2 Å². The van der Waals surface area contributed by atoms with Crippen molar-refractivity contribution in [3.05, 3.63) is 75.2 Å². The summed E-state index contributed by atoms with van der Waals surface area (Å²) < 4.78 is 21.5. The molecule has 1 aromatic carbocycles. The van der Waals surface area contributed by atoms with Crippen LogP contribution in [-0.2, 0) is 17.9 Å². The van der Waals surface area contributed by atoms with Crippen LogP contribution < -0.4 is 16.2 Å². The monoisotopic (exact) mass is 472 g/mol. The third kappa shape index (κ3) is 4.90. The number of nitrogens with one attached hydrogen (secondary N) is 2. The van der Waals surface area contributed by atoms with E-state index in [1.54, 1.807) is 19.1 Å². The van der Waals surface area contributed by atoms with Crippen LogP contribution in [0.2, 0.25) is 5.02 Å². The lowest BCUT2D eigenvalue weighted by Crippen LogP contribution is -2.32. The molecule has 1 aliphatic heterocycles. The molecule has 0 aliphatic carbocycles. The molecule has 0 saturated carbocycles. The largest absolute Gasteiger partial charge is 0.392 e. The van der Waals surface area contributed by atoms with Crippen molar-refractivity contribution >= 4 is 28.9 Å². The average molecular weight is 473 g/mol. The molecule has 10 heteroatoms. The Morgan fingerprint density at radius 2 is 2.12 bits per heavy atom. The molecule has 3 N–H and O–H groups in total. The maximum absolute atomic E-state index is 14.6. The van der Waals surface area contributed by atoms with Crippen molar-refractivity contribution in [3.8, 4) is 11.1 Å². The second-order valence-electron chi connectivity index (χ2n) is 7.67. The van der Waals surface area contributed by atoms with Gasteiger partial charge in [0.15, 0.2) is 0 Å². The second-order valence-corrected chi connectivity index (χ2v) is 8.10. The summed E-state index contributed by atoms with van der Waals surface area (Å²) in [6.07, 6.45) is 2.67. The van der Waals surface area contributed by atoms with Crippen LogP contribution >= 0.6 is 11.6 Å². The molecule has 1 amide bonds. The molecular formula is C23H22ClFN4O4. The third-order valence-corrected chi connectivity index (χ3v) is 5.45. The molecule has 8 nitrogen and oxygen atoms in total. The number of hydrogen-bond donors (Lipinski definition) is 3. The normalized spacial score (nSPS) is 13.8. The third-order valence-electron chi connectivity index (χ3n) is 5.22. The predicted octanol–water partition coefficient (Wildman–Crippen LogP) is 3.09. The highest BCUT2D eigenvalue weighted by molar-refractivity contribution is 6.30. The van der Waals surface area contributed by atoms with Gasteiger partial charge in [-0.1, -0.05) is 11.6 Å². The SMILES string of the molecule is CC(O)CNC(=O)c1cnccc1Nc1cc(-c2cc(Cl)ccc2F)c(=O)n2c1CCOC2. The van der Waals surface area contributed by atoms with Crippen LogP contribution in [0, 0.1) is 5.82 Å². The number of rotatable bonds is 6. The molecular weight excluding hydrogens is 451 g/mol. The first-order chi connectivity index (χ1) is 15.8. The minimum absolute atomic E-state index is 0.0248. The molecule has 3 heterocycles. The summed E-state index contributed by atoms with van der Waals surface area (Å²) in [5.74, 6) is -1.00. The van der Waals surface area contributed by atoms with Gasteiger partial charge in [-0.15, -0.1) is 0 Å². The molecule has 1 aliphatic rings. The van der Waals surface area contributed by atoms with Gasteiger partial charge < -0.3 is 20.5 Å². The second kappa shape index (κ2) is 9.70. The smallest absolute Gasteiger partial charge is 0.260 e. The number of carbonyl (C=O) groups is 1. The fraction of sp³-hybridized carbons (Fsp3) is 0.261. The fourth-order valence-electron chi connectivity index (χ4n) is 3.60. The number of fused-ring (bicyclic) bond motifs is 1. The Hall–Kier alpha value is -3.27. The zero-order valence-corrected chi connectivity index (χ0v) is 18.5. The molecule has 0 bridgehead atoms. The van der Waals surface area contributed by atoms with Gasteiger partial charge in [-0.05, 0) is 37.3 Å². The van der Waals surface area contributed by atoms with E-state index in [4.69, 9.17) is 16.3 Å². The number of amides is 1. The van der Waals surface area contributed by atoms with Gasteiger partial charge in [-0.3, -0.25) is 19.1 Å². The van der Waals surface area contributed by atoms with Crippen LogP contribution in [0.4, 0.5) is 15.8 Å². The van der Waals surface area contributed by atoms with Gasteiger partial charge in [0, 0.05) is 41.6 Å². The van der Waals surface area contributed by atoms with Crippen molar-refractivity contribution in [1.82, 2.24) is 14.9 Å². The van der Waals surface area contributed by atoms with E-state index < -0.39 is 23.4 Å². The molecule has 0 radical (unpaired) electrons. The zero-order valence-electron chi connectivity index (χ0n) is 17.8. The van der Waals surface area contributed by atoms with Crippen molar-refractivity contribution < 1.29 is 19.0 Å². The molecule has 172 valence electrons. The van der Waals surface area contributed by atoms with Crippen LogP contribution in [0.5, 0.6) is 0 Å². The van der Waals surface area contributed by atoms with E-state index in [-0.39, 0.29) is 30.0 Å². The lowest BCUT2D eigenvalue weighted by Gasteiger charge is -2.24. The van der Waals surface area contributed by atoms with Crippen LogP contribution in [0.25, 0.3) is 11.1 Å². The highest BCUT2D eigenvalue weighted by Gasteiger charge is 2.22. The Morgan fingerprint density at radius 3 is 2.91 bits per heavy atom. The first-order valence-corrected chi connectivity index (χ1v) is 10.7. The number of ether oxygens (including phenoxy) is 1. The van der Waals surface area contributed by atoms with Crippen LogP contribution in [-0.4, -0.2) is 39.8 Å². The number of anilines is 2. The van der Waals surface area contributed by atoms with E-state index in [2.05, 4.69) is 15.6 Å². The van der Waals surface area contributed by atoms with E-state index in [1.165, 1.54) is 35.2 Å². The number of aliphatic hydroxyl groups excluding tert-OH is 1. The quantitative estimate of drug-likeness (QED) is 0.509. The first-order valence-electron chi connectivity index (χ1n) is 10.3. The van der Waals surface area contributed by atoms with Crippen LogP contribution in [0.15, 0.2) is 47.5 Å². The minimum atomic E-state index is -0.704. The molecule has 0 saturated heterocycles. The number of benzene rings is 1. The summed E-state index contributed by atoms with van der Waals surface area (Å²) in [5.41, 5.74) is 1.68. The van der Waals surface area contributed by atoms with E-state index in [0.29, 0.717) is 35.1 Å². The number of carbonyl (C=O) groups excluding carboxylic acids is 1. The molecule has 2 aromatic heterocycles. The van der Waals surface area contributed by atoms with Crippen molar-refractivity contribution in [1.29, 1.82) is 0 Å². The molecule has 0 spiro atoms. The summed E-state index contributed by atoms with van der Waals surface area (Å²) in [5, 5.41) is 15.6. The van der Waals surface area contributed by atoms with Crippen molar-refractivity contribution in [2.75, 3.05) is 18.5 Å². The summed E-state index contributed by atoms with van der Waals surface area (Å²) in [6, 6.07) is 7.20. The Labute approximate surface area is 194 Å². The van der Waals surface area contributed by atoms with E-state index in [9.17, 15) is 19.1 Å². The highest BCUT2D eigenvalue weighted by atomic mass is 35.5. The van der Waals surface area contributed by atoms with E-state index in [0.717, 1.165) is 0 Å². The zero-order chi connectivity index (χ0) is 23.5. The Kier molecular flexibility index (Phi) is 6.73. The van der Waals surface area contributed by atoms with Gasteiger partial charge in [0.25, 0.3) is 11.5 Å². The number of halogens is 2. The maximum atomic E-state index is 14.6. The lowest BCUT2D eigenvalue weighted by atomic mass is 10.0. The Morgan fingerprint density at radius 1 is 1.30 bits per heavy atom. The number of hydrogen-bond acceptors (Lipinski definition) is 6. The van der Waals surface area contributed by atoms with Gasteiger partial charge in [0.2, 0.25) is 0 Å². The number of nitrogens with zero attached hydrogens (tertiary/aromatic N) is 2. The molecule has 1 atom stereocenters. The standard InChI is InChI=1S/C23H22ClFN4O4/c1-13(30)10-27-22(31)17-11-26-6-4-19(17)28-20-9-16(15-8-14(24)2-3-18(15)25)23(32)29-12-33-7-5-21(20)29/h2-4,6,8-9,11,13,30H,5,7,10,12H2,1H3,(H,26,28)(H,27,31). The van der Waals surface area contributed by atoms with E-state index >= 15 is 0 Å². The Bertz CT molecular complexity index is 1260. The van der Waals surface area contributed by atoms with Crippen LogP contribution in [0.1, 0.15) is 23.0 Å². The van der Waals surface area contributed by atoms with E-state index in [1.807, 2.05) is 0 Å². The predicted molar refractivity (Wildman–Crippen MR) is 122 cm³/mol. The molecule has 4 rings (SSSR count). The highest BCUT2D eigenvalue weighted by Crippen LogP contribution is 2.31. The number of pyridine rings is 2. The van der Waals surface area contributed by atoms with Gasteiger partial charge in [0.1, 0.15) is 12.5 Å². The maximum Gasteiger partial charge on any atom is 0.260 e. The van der Waals surface area contributed by atoms with Crippen molar-refractivity contribution in [3.63, 3.8) is 0 Å².